The molecule has 4 nitrogen and oxygen atoms in total. The average Bonchev–Trinajstić information content (AvgIpc) is 3.93. The highest BCUT2D eigenvalue weighted by molar-refractivity contribution is 6.11. The Morgan fingerprint density at radius 1 is 0.510 bits per heavy atom. The molecule has 4 heteroatoms. The SMILES string of the molecule is c1ccc(C2=NNC(c3ccccc3)N2c2ccc(-n3ccc4c5c(ccc43)C(c3ccccc3)(c3ccccc3)c3ccccc3-5)cc2)cc1. The van der Waals surface area contributed by atoms with Crippen LogP contribution >= 0.6 is 0 Å². The van der Waals surface area contributed by atoms with Gasteiger partial charge in [0.05, 0.1) is 10.9 Å². The van der Waals surface area contributed by atoms with Crippen molar-refractivity contribution in [2.45, 2.75) is 11.6 Å². The summed E-state index contributed by atoms with van der Waals surface area (Å²) in [6.07, 6.45) is 2.10. The second-order valence-electron chi connectivity index (χ2n) is 13.3. The molecule has 0 radical (unpaired) electrons. The van der Waals surface area contributed by atoms with Crippen molar-refractivity contribution in [2.75, 3.05) is 4.90 Å². The van der Waals surface area contributed by atoms with Crippen LogP contribution in [0, 0.1) is 0 Å². The molecule has 0 fully saturated rings. The molecule has 1 N–H and O–H groups in total. The van der Waals surface area contributed by atoms with Gasteiger partial charge in [0.25, 0.3) is 0 Å². The summed E-state index contributed by atoms with van der Waals surface area (Å²) in [5.41, 5.74) is 16.4. The Hall–Kier alpha value is -6.65. The van der Waals surface area contributed by atoms with E-state index in [0.29, 0.717) is 0 Å². The Balaban J connectivity index is 1.10. The third kappa shape index (κ3) is 4.43. The first-order valence-corrected chi connectivity index (χ1v) is 17.5. The molecule has 0 spiro atoms. The monoisotopic (exact) mass is 654 g/mol. The molecule has 10 rings (SSSR count). The number of nitrogens with zero attached hydrogens (tertiary/aromatic N) is 3. The predicted octanol–water partition coefficient (Wildman–Crippen LogP) is 10.5. The molecule has 8 aromatic rings. The van der Waals surface area contributed by atoms with Crippen LogP contribution in [0.15, 0.2) is 199 Å². The Morgan fingerprint density at radius 2 is 1.10 bits per heavy atom. The van der Waals surface area contributed by atoms with Gasteiger partial charge in [0, 0.05) is 28.5 Å². The number of hydrogen-bond acceptors (Lipinski definition) is 3. The van der Waals surface area contributed by atoms with Gasteiger partial charge in [-0.2, -0.15) is 5.10 Å². The average molecular weight is 655 g/mol. The number of hydrazone groups is 1. The lowest BCUT2D eigenvalue weighted by molar-refractivity contribution is 0.617. The van der Waals surface area contributed by atoms with Crippen LogP contribution in [0.5, 0.6) is 0 Å². The topological polar surface area (TPSA) is 32.6 Å². The summed E-state index contributed by atoms with van der Waals surface area (Å²) < 4.78 is 2.32. The largest absolute Gasteiger partial charge is 0.317 e. The zero-order valence-electron chi connectivity index (χ0n) is 27.9. The lowest BCUT2D eigenvalue weighted by Crippen LogP contribution is -2.33. The first kappa shape index (κ1) is 29.3. The van der Waals surface area contributed by atoms with Gasteiger partial charge in [0.1, 0.15) is 6.17 Å². The molecule has 51 heavy (non-hydrogen) atoms. The highest BCUT2D eigenvalue weighted by Crippen LogP contribution is 2.57. The number of rotatable bonds is 6. The van der Waals surface area contributed by atoms with Crippen molar-refractivity contribution in [2.24, 2.45) is 5.10 Å². The summed E-state index contributed by atoms with van der Waals surface area (Å²) in [6.45, 7) is 0. The van der Waals surface area contributed by atoms with Gasteiger partial charge in [-0.25, -0.2) is 0 Å². The van der Waals surface area contributed by atoms with Crippen LogP contribution in [-0.4, -0.2) is 10.4 Å². The maximum Gasteiger partial charge on any atom is 0.162 e. The van der Waals surface area contributed by atoms with Crippen LogP contribution in [0.2, 0.25) is 0 Å². The highest BCUT2D eigenvalue weighted by Gasteiger charge is 2.46. The Bertz CT molecular complexity index is 2500. The Morgan fingerprint density at radius 3 is 1.78 bits per heavy atom. The van der Waals surface area contributed by atoms with Gasteiger partial charge in [-0.05, 0) is 75.3 Å². The number of fused-ring (bicyclic) bond motifs is 5. The summed E-state index contributed by atoms with van der Waals surface area (Å²) in [6, 6.07) is 67.7. The third-order valence-electron chi connectivity index (χ3n) is 10.6. The van der Waals surface area contributed by atoms with E-state index in [1.807, 2.05) is 6.07 Å². The molecule has 1 unspecified atom stereocenters. The summed E-state index contributed by atoms with van der Waals surface area (Å²) >= 11 is 0. The maximum atomic E-state index is 4.83. The van der Waals surface area contributed by atoms with E-state index in [0.717, 1.165) is 28.3 Å². The molecule has 1 aliphatic heterocycles. The first-order valence-electron chi connectivity index (χ1n) is 17.5. The van der Waals surface area contributed by atoms with Crippen molar-refractivity contribution >= 4 is 22.4 Å². The van der Waals surface area contributed by atoms with Gasteiger partial charge in [-0.15, -0.1) is 0 Å². The van der Waals surface area contributed by atoms with Crippen LogP contribution in [0.1, 0.15) is 39.5 Å². The number of anilines is 1. The lowest BCUT2D eigenvalue weighted by atomic mass is 9.67. The van der Waals surface area contributed by atoms with E-state index in [1.54, 1.807) is 0 Å². The van der Waals surface area contributed by atoms with Crippen LogP contribution in [0.25, 0.3) is 27.7 Å². The Kier molecular flexibility index (Phi) is 6.75. The van der Waals surface area contributed by atoms with Crippen LogP contribution < -0.4 is 10.3 Å². The molecule has 1 aromatic heterocycles. The van der Waals surface area contributed by atoms with Crippen molar-refractivity contribution in [1.29, 1.82) is 0 Å². The standard InChI is InChI=1S/C47H34N4/c1-5-15-33(16-6-1)45-48-49-46(34-17-7-2-8-18-34)51(45)38-27-25-37(26-28-38)50-32-31-40-43(50)30-29-42-44(40)39-23-13-14-24-41(39)47(42,35-19-9-3-10-20-35)36-21-11-4-12-22-36/h1-32,45,48H. The van der Waals surface area contributed by atoms with Gasteiger partial charge < -0.3 is 4.57 Å². The molecule has 2 heterocycles. The normalized spacial score (nSPS) is 15.6. The van der Waals surface area contributed by atoms with Crippen molar-refractivity contribution in [3.63, 3.8) is 0 Å². The number of nitrogens with one attached hydrogen (secondary N) is 1. The summed E-state index contributed by atoms with van der Waals surface area (Å²) in [7, 11) is 0. The fourth-order valence-electron chi connectivity index (χ4n) is 8.43. The molecular weight excluding hydrogens is 621 g/mol. The second kappa shape index (κ2) is 11.7. The molecule has 0 amide bonds. The molecular formula is C47H34N4. The minimum absolute atomic E-state index is 0.114. The quantitative estimate of drug-likeness (QED) is 0.194. The van der Waals surface area contributed by atoms with Gasteiger partial charge in [-0.3, -0.25) is 10.3 Å². The van der Waals surface area contributed by atoms with Crippen molar-refractivity contribution in [1.82, 2.24) is 9.99 Å². The van der Waals surface area contributed by atoms with Crippen molar-refractivity contribution in [3.8, 4) is 16.8 Å². The molecule has 0 bridgehead atoms. The zero-order chi connectivity index (χ0) is 33.8. The van der Waals surface area contributed by atoms with Gasteiger partial charge in [0.15, 0.2) is 5.84 Å². The minimum atomic E-state index is -0.413. The molecule has 0 saturated carbocycles. The van der Waals surface area contributed by atoms with Gasteiger partial charge in [-0.1, -0.05) is 152 Å². The fraction of sp³-hybridized carbons (Fsp3) is 0.0426. The second-order valence-corrected chi connectivity index (χ2v) is 13.3. The molecule has 1 aliphatic carbocycles. The minimum Gasteiger partial charge on any atom is -0.317 e. The van der Waals surface area contributed by atoms with E-state index in [1.165, 1.54) is 44.3 Å². The molecule has 1 atom stereocenters. The van der Waals surface area contributed by atoms with E-state index in [4.69, 9.17) is 5.10 Å². The van der Waals surface area contributed by atoms with E-state index >= 15 is 0 Å². The van der Waals surface area contributed by atoms with E-state index in [9.17, 15) is 0 Å². The summed E-state index contributed by atoms with van der Waals surface area (Å²) in [4.78, 5) is 2.29. The van der Waals surface area contributed by atoms with Crippen molar-refractivity contribution < 1.29 is 0 Å². The van der Waals surface area contributed by atoms with Crippen LogP contribution in [0.4, 0.5) is 5.69 Å². The van der Waals surface area contributed by atoms with E-state index in [2.05, 4.69) is 203 Å². The van der Waals surface area contributed by atoms with Gasteiger partial charge >= 0.3 is 0 Å². The highest BCUT2D eigenvalue weighted by atomic mass is 15.5. The number of aromatic nitrogens is 1. The number of hydrogen-bond donors (Lipinski definition) is 1. The molecule has 7 aromatic carbocycles. The Labute approximate surface area is 297 Å². The molecule has 0 saturated heterocycles. The summed E-state index contributed by atoms with van der Waals surface area (Å²) in [5, 5.41) is 6.08. The third-order valence-corrected chi connectivity index (χ3v) is 10.6. The summed E-state index contributed by atoms with van der Waals surface area (Å²) in [5.74, 6) is 0.901. The maximum absolute atomic E-state index is 4.83. The lowest BCUT2D eigenvalue weighted by Gasteiger charge is -2.33. The van der Waals surface area contributed by atoms with Crippen molar-refractivity contribution in [3.05, 3.63) is 228 Å². The van der Waals surface area contributed by atoms with Crippen LogP contribution in [-0.2, 0) is 5.41 Å². The number of amidine groups is 1. The smallest absolute Gasteiger partial charge is 0.162 e. The van der Waals surface area contributed by atoms with Crippen LogP contribution in [0.3, 0.4) is 0 Å². The molecule has 242 valence electrons. The van der Waals surface area contributed by atoms with E-state index in [-0.39, 0.29) is 6.17 Å². The zero-order valence-corrected chi connectivity index (χ0v) is 27.9. The first-order chi connectivity index (χ1) is 25.3. The fourth-order valence-corrected chi connectivity index (χ4v) is 8.43. The van der Waals surface area contributed by atoms with E-state index < -0.39 is 5.41 Å². The molecule has 2 aliphatic rings. The number of benzene rings is 7. The predicted molar refractivity (Wildman–Crippen MR) is 208 cm³/mol. The van der Waals surface area contributed by atoms with Gasteiger partial charge in [0.2, 0.25) is 0 Å².